The number of aromatic amines is 1. The molecule has 0 saturated carbocycles. The number of nitrogens with one attached hydrogen (secondary N) is 2. The Balaban J connectivity index is 1.87. The van der Waals surface area contributed by atoms with Gasteiger partial charge in [0.05, 0.1) is 23.6 Å². The van der Waals surface area contributed by atoms with Crippen LogP contribution in [0.1, 0.15) is 10.4 Å². The van der Waals surface area contributed by atoms with Crippen LogP contribution in [0, 0.1) is 0 Å². The number of fused-ring (bicyclic) bond motifs is 1. The Morgan fingerprint density at radius 3 is 3.00 bits per heavy atom. The van der Waals surface area contributed by atoms with E-state index in [0.717, 1.165) is 10.9 Å². The highest BCUT2D eigenvalue weighted by Crippen LogP contribution is 2.14. The fraction of sp³-hybridized carbons (Fsp3) is 0. The van der Waals surface area contributed by atoms with E-state index < -0.39 is 0 Å². The van der Waals surface area contributed by atoms with Crippen LogP contribution < -0.4 is 5.32 Å². The first-order chi connectivity index (χ1) is 8.83. The zero-order chi connectivity index (χ0) is 12.4. The van der Waals surface area contributed by atoms with Gasteiger partial charge in [-0.15, -0.1) is 0 Å². The second-order valence-corrected chi connectivity index (χ2v) is 3.87. The van der Waals surface area contributed by atoms with E-state index >= 15 is 0 Å². The number of rotatable bonds is 2. The average Bonchev–Trinajstić information content (AvgIpc) is 2.87. The summed E-state index contributed by atoms with van der Waals surface area (Å²) in [7, 11) is 0. The fourth-order valence-corrected chi connectivity index (χ4v) is 1.72. The number of pyridine rings is 1. The molecule has 5 nitrogen and oxygen atoms in total. The fourth-order valence-electron chi connectivity index (χ4n) is 1.72. The minimum absolute atomic E-state index is 0.161. The molecular weight excluding hydrogens is 228 g/mol. The van der Waals surface area contributed by atoms with Crippen LogP contribution in [0.15, 0.2) is 48.9 Å². The van der Waals surface area contributed by atoms with Crippen LogP contribution in [0.2, 0.25) is 0 Å². The van der Waals surface area contributed by atoms with Gasteiger partial charge in [-0.2, -0.15) is 5.10 Å². The van der Waals surface area contributed by atoms with Gasteiger partial charge in [0.25, 0.3) is 5.91 Å². The smallest absolute Gasteiger partial charge is 0.255 e. The summed E-state index contributed by atoms with van der Waals surface area (Å²) in [5.74, 6) is -0.161. The number of H-pyrrole nitrogens is 1. The molecule has 3 rings (SSSR count). The summed E-state index contributed by atoms with van der Waals surface area (Å²) in [6, 6.07) is 8.95. The van der Waals surface area contributed by atoms with Crippen LogP contribution in [0.25, 0.3) is 10.9 Å². The van der Waals surface area contributed by atoms with Crippen molar-refractivity contribution in [2.45, 2.75) is 0 Å². The molecule has 2 aromatic heterocycles. The Labute approximate surface area is 103 Å². The minimum Gasteiger partial charge on any atom is -0.321 e. The van der Waals surface area contributed by atoms with Gasteiger partial charge >= 0.3 is 0 Å². The van der Waals surface area contributed by atoms with Crippen molar-refractivity contribution in [1.82, 2.24) is 15.2 Å². The van der Waals surface area contributed by atoms with Crippen molar-refractivity contribution >= 4 is 22.5 Å². The normalized spacial score (nSPS) is 10.4. The first-order valence-electron chi connectivity index (χ1n) is 5.47. The molecule has 0 unspecified atom stereocenters. The van der Waals surface area contributed by atoms with E-state index in [0.29, 0.717) is 11.3 Å². The predicted molar refractivity (Wildman–Crippen MR) is 68.3 cm³/mol. The van der Waals surface area contributed by atoms with Gasteiger partial charge in [-0.05, 0) is 30.3 Å². The Bertz CT molecular complexity index is 690. The number of amides is 1. The first-order valence-corrected chi connectivity index (χ1v) is 5.47. The third kappa shape index (κ3) is 1.93. The summed E-state index contributed by atoms with van der Waals surface area (Å²) in [5.41, 5.74) is 2.18. The number of hydrogen-bond acceptors (Lipinski definition) is 3. The lowest BCUT2D eigenvalue weighted by molar-refractivity contribution is 0.102. The molecular formula is C13H10N4O. The maximum atomic E-state index is 12.0. The van der Waals surface area contributed by atoms with Crippen LogP contribution in [0.5, 0.6) is 0 Å². The summed E-state index contributed by atoms with van der Waals surface area (Å²) in [5, 5.41) is 10.5. The molecule has 0 spiro atoms. The third-order valence-corrected chi connectivity index (χ3v) is 2.62. The molecule has 0 aliphatic carbocycles. The van der Waals surface area contributed by atoms with Crippen molar-refractivity contribution in [1.29, 1.82) is 0 Å². The zero-order valence-corrected chi connectivity index (χ0v) is 9.42. The predicted octanol–water partition coefficient (Wildman–Crippen LogP) is 2.21. The van der Waals surface area contributed by atoms with Gasteiger partial charge in [-0.25, -0.2) is 0 Å². The number of carbonyl (C=O) groups excluding carboxylic acids is 1. The van der Waals surface area contributed by atoms with Gasteiger partial charge < -0.3 is 5.32 Å². The second kappa shape index (κ2) is 4.29. The molecule has 2 N–H and O–H groups in total. The molecule has 0 aliphatic heterocycles. The number of benzene rings is 1. The van der Waals surface area contributed by atoms with Gasteiger partial charge in [0.2, 0.25) is 0 Å². The van der Waals surface area contributed by atoms with Crippen molar-refractivity contribution < 1.29 is 4.79 Å². The molecule has 3 aromatic rings. The number of carbonyl (C=O) groups is 1. The molecule has 5 heteroatoms. The average molecular weight is 238 g/mol. The van der Waals surface area contributed by atoms with Crippen molar-refractivity contribution in [3.63, 3.8) is 0 Å². The lowest BCUT2D eigenvalue weighted by Gasteiger charge is -2.04. The highest BCUT2D eigenvalue weighted by atomic mass is 16.1. The molecule has 18 heavy (non-hydrogen) atoms. The Morgan fingerprint density at radius 2 is 2.17 bits per heavy atom. The van der Waals surface area contributed by atoms with Crippen LogP contribution in [-0.2, 0) is 0 Å². The first kappa shape index (κ1) is 10.5. The minimum atomic E-state index is -0.161. The Morgan fingerprint density at radius 1 is 1.22 bits per heavy atom. The summed E-state index contributed by atoms with van der Waals surface area (Å²) in [6.07, 6.45) is 4.96. The van der Waals surface area contributed by atoms with Gasteiger partial charge in [0, 0.05) is 17.1 Å². The summed E-state index contributed by atoms with van der Waals surface area (Å²) in [4.78, 5) is 16.0. The third-order valence-electron chi connectivity index (χ3n) is 2.62. The monoisotopic (exact) mass is 238 g/mol. The van der Waals surface area contributed by atoms with Crippen molar-refractivity contribution in [3.8, 4) is 0 Å². The maximum absolute atomic E-state index is 12.0. The van der Waals surface area contributed by atoms with E-state index in [-0.39, 0.29) is 5.91 Å². The number of anilines is 1. The SMILES string of the molecule is O=C(Nc1cccnc1)c1ccc2[nH]ncc2c1. The zero-order valence-electron chi connectivity index (χ0n) is 9.42. The lowest BCUT2D eigenvalue weighted by Crippen LogP contribution is -2.11. The Hall–Kier alpha value is -2.69. The molecule has 0 fully saturated rings. The van der Waals surface area contributed by atoms with E-state index in [1.54, 1.807) is 42.9 Å². The highest BCUT2D eigenvalue weighted by Gasteiger charge is 2.07. The quantitative estimate of drug-likeness (QED) is 0.719. The van der Waals surface area contributed by atoms with E-state index in [2.05, 4.69) is 20.5 Å². The van der Waals surface area contributed by atoms with Gasteiger partial charge in [-0.1, -0.05) is 0 Å². The molecule has 0 aliphatic rings. The van der Waals surface area contributed by atoms with Gasteiger partial charge in [-0.3, -0.25) is 14.9 Å². The largest absolute Gasteiger partial charge is 0.321 e. The van der Waals surface area contributed by atoms with Crippen LogP contribution in [0.4, 0.5) is 5.69 Å². The molecule has 88 valence electrons. The lowest BCUT2D eigenvalue weighted by atomic mass is 10.1. The van der Waals surface area contributed by atoms with E-state index in [4.69, 9.17) is 0 Å². The van der Waals surface area contributed by atoms with E-state index in [1.807, 2.05) is 6.07 Å². The van der Waals surface area contributed by atoms with Crippen LogP contribution in [-0.4, -0.2) is 21.1 Å². The maximum Gasteiger partial charge on any atom is 0.255 e. The number of aromatic nitrogens is 3. The van der Waals surface area contributed by atoms with Crippen LogP contribution in [0.3, 0.4) is 0 Å². The molecule has 1 aromatic carbocycles. The second-order valence-electron chi connectivity index (χ2n) is 3.87. The highest BCUT2D eigenvalue weighted by molar-refractivity contribution is 6.06. The van der Waals surface area contributed by atoms with Crippen molar-refractivity contribution in [2.24, 2.45) is 0 Å². The topological polar surface area (TPSA) is 70.7 Å². The van der Waals surface area contributed by atoms with Crippen molar-refractivity contribution in [3.05, 3.63) is 54.5 Å². The molecule has 1 amide bonds. The van der Waals surface area contributed by atoms with Crippen molar-refractivity contribution in [2.75, 3.05) is 5.32 Å². The Kier molecular flexibility index (Phi) is 2.49. The summed E-state index contributed by atoms with van der Waals surface area (Å²) in [6.45, 7) is 0. The van der Waals surface area contributed by atoms with Gasteiger partial charge in [0.1, 0.15) is 0 Å². The number of hydrogen-bond donors (Lipinski definition) is 2. The summed E-state index contributed by atoms with van der Waals surface area (Å²) < 4.78 is 0. The van der Waals surface area contributed by atoms with Gasteiger partial charge in [0.15, 0.2) is 0 Å². The number of nitrogens with zero attached hydrogens (tertiary/aromatic N) is 2. The summed E-state index contributed by atoms with van der Waals surface area (Å²) >= 11 is 0. The van der Waals surface area contributed by atoms with E-state index in [1.165, 1.54) is 0 Å². The molecule has 0 saturated heterocycles. The molecule has 2 heterocycles. The molecule has 0 radical (unpaired) electrons. The molecule has 0 bridgehead atoms. The van der Waals surface area contributed by atoms with E-state index in [9.17, 15) is 4.79 Å². The standard InChI is InChI=1S/C13H10N4O/c18-13(16-11-2-1-5-14-8-11)9-3-4-12-10(6-9)7-15-17-12/h1-8H,(H,15,17)(H,16,18). The van der Waals surface area contributed by atoms with Crippen LogP contribution >= 0.6 is 0 Å². The molecule has 0 atom stereocenters.